The van der Waals surface area contributed by atoms with Gasteiger partial charge in [0.05, 0.1) is 24.1 Å². The Hall–Kier alpha value is -2.82. The van der Waals surface area contributed by atoms with Crippen LogP contribution in [-0.4, -0.2) is 29.0 Å². The largest absolute Gasteiger partial charge is 0.493 e. The number of carbonyl (C=O) groups excluding carboxylic acids is 1. The first-order valence-electron chi connectivity index (χ1n) is 9.73. The molecule has 4 rings (SSSR count). The smallest absolute Gasteiger partial charge is 0.224 e. The fraction of sp³-hybridized carbons (Fsp3) is 0.364. The Morgan fingerprint density at radius 1 is 1.15 bits per heavy atom. The number of aryl methyl sites for hydroxylation is 1. The zero-order valence-corrected chi connectivity index (χ0v) is 15.5. The lowest BCUT2D eigenvalue weighted by atomic mass is 10.1. The molecule has 2 heterocycles. The SMILES string of the molecule is O=C(Cc1ccc2c(c1)OCC2)NCCCCCc1nc2ccccc2[nH]1. The van der Waals surface area contributed by atoms with Gasteiger partial charge in [0.1, 0.15) is 11.6 Å². The van der Waals surface area contributed by atoms with E-state index in [0.29, 0.717) is 6.42 Å². The molecule has 140 valence electrons. The Bertz CT molecular complexity index is 899. The van der Waals surface area contributed by atoms with Crippen LogP contribution in [0.15, 0.2) is 42.5 Å². The molecule has 3 aromatic rings. The number of benzene rings is 2. The molecule has 1 amide bonds. The summed E-state index contributed by atoms with van der Waals surface area (Å²) < 4.78 is 5.56. The van der Waals surface area contributed by atoms with Gasteiger partial charge >= 0.3 is 0 Å². The molecule has 0 aliphatic carbocycles. The number of aromatic amines is 1. The molecule has 0 unspecified atom stereocenters. The topological polar surface area (TPSA) is 67.0 Å². The minimum absolute atomic E-state index is 0.0743. The third kappa shape index (κ3) is 4.48. The lowest BCUT2D eigenvalue weighted by molar-refractivity contribution is -0.120. The van der Waals surface area contributed by atoms with Crippen LogP contribution in [-0.2, 0) is 24.1 Å². The van der Waals surface area contributed by atoms with Crippen molar-refractivity contribution in [2.45, 2.75) is 38.5 Å². The van der Waals surface area contributed by atoms with E-state index in [4.69, 9.17) is 4.74 Å². The first-order valence-corrected chi connectivity index (χ1v) is 9.73. The van der Waals surface area contributed by atoms with E-state index in [0.717, 1.165) is 73.4 Å². The van der Waals surface area contributed by atoms with Crippen LogP contribution < -0.4 is 10.1 Å². The highest BCUT2D eigenvalue weighted by Crippen LogP contribution is 2.26. The van der Waals surface area contributed by atoms with Gasteiger partial charge in [-0.05, 0) is 42.2 Å². The van der Waals surface area contributed by atoms with E-state index in [1.165, 1.54) is 5.56 Å². The predicted octanol–water partition coefficient (Wildman–Crippen LogP) is 3.57. The van der Waals surface area contributed by atoms with Crippen molar-refractivity contribution in [1.29, 1.82) is 0 Å². The number of nitrogens with one attached hydrogen (secondary N) is 2. The van der Waals surface area contributed by atoms with Crippen molar-refractivity contribution < 1.29 is 9.53 Å². The molecule has 5 nitrogen and oxygen atoms in total. The van der Waals surface area contributed by atoms with Crippen LogP contribution in [0, 0.1) is 0 Å². The predicted molar refractivity (Wildman–Crippen MR) is 106 cm³/mol. The number of aromatic nitrogens is 2. The van der Waals surface area contributed by atoms with E-state index in [2.05, 4.69) is 27.4 Å². The molecule has 1 aliphatic rings. The summed E-state index contributed by atoms with van der Waals surface area (Å²) in [5, 5.41) is 3.02. The molecule has 0 spiro atoms. The summed E-state index contributed by atoms with van der Waals surface area (Å²) in [4.78, 5) is 20.1. The van der Waals surface area contributed by atoms with Gasteiger partial charge in [-0.1, -0.05) is 30.7 Å². The summed E-state index contributed by atoms with van der Waals surface area (Å²) in [6.07, 6.45) is 5.45. The fourth-order valence-electron chi connectivity index (χ4n) is 3.51. The number of nitrogens with zero attached hydrogens (tertiary/aromatic N) is 1. The maximum atomic E-state index is 12.1. The van der Waals surface area contributed by atoms with Crippen molar-refractivity contribution in [3.8, 4) is 5.75 Å². The van der Waals surface area contributed by atoms with Crippen LogP contribution in [0.3, 0.4) is 0 Å². The zero-order valence-electron chi connectivity index (χ0n) is 15.5. The number of fused-ring (bicyclic) bond motifs is 2. The van der Waals surface area contributed by atoms with E-state index in [1.807, 2.05) is 30.3 Å². The van der Waals surface area contributed by atoms with Crippen LogP contribution in [0.25, 0.3) is 11.0 Å². The molecule has 0 atom stereocenters. The Morgan fingerprint density at radius 2 is 2.07 bits per heavy atom. The highest BCUT2D eigenvalue weighted by Gasteiger charge is 2.13. The van der Waals surface area contributed by atoms with Crippen molar-refractivity contribution >= 4 is 16.9 Å². The van der Waals surface area contributed by atoms with Gasteiger partial charge in [0, 0.05) is 19.4 Å². The summed E-state index contributed by atoms with van der Waals surface area (Å²) >= 11 is 0. The maximum Gasteiger partial charge on any atom is 0.224 e. The first kappa shape index (κ1) is 17.6. The van der Waals surface area contributed by atoms with Gasteiger partial charge in [0.2, 0.25) is 5.91 Å². The van der Waals surface area contributed by atoms with Crippen molar-refractivity contribution in [2.24, 2.45) is 0 Å². The average molecular weight is 363 g/mol. The average Bonchev–Trinajstić information content (AvgIpc) is 3.30. The number of hydrogen-bond donors (Lipinski definition) is 2. The number of para-hydroxylation sites is 2. The van der Waals surface area contributed by atoms with E-state index in [1.54, 1.807) is 0 Å². The second-order valence-electron chi connectivity index (χ2n) is 7.08. The number of hydrogen-bond acceptors (Lipinski definition) is 3. The van der Waals surface area contributed by atoms with Crippen LogP contribution in [0.5, 0.6) is 5.75 Å². The van der Waals surface area contributed by atoms with Crippen LogP contribution in [0.1, 0.15) is 36.2 Å². The van der Waals surface area contributed by atoms with Gasteiger partial charge in [-0.3, -0.25) is 4.79 Å². The quantitative estimate of drug-likeness (QED) is 0.601. The number of ether oxygens (including phenoxy) is 1. The van der Waals surface area contributed by atoms with Gasteiger partial charge < -0.3 is 15.0 Å². The summed E-state index contributed by atoms with van der Waals surface area (Å²) in [5.41, 5.74) is 4.37. The molecular formula is C22H25N3O2. The van der Waals surface area contributed by atoms with E-state index in [-0.39, 0.29) is 5.91 Å². The molecule has 0 saturated carbocycles. The molecule has 2 aromatic carbocycles. The number of unbranched alkanes of at least 4 members (excludes halogenated alkanes) is 2. The lowest BCUT2D eigenvalue weighted by Crippen LogP contribution is -2.26. The van der Waals surface area contributed by atoms with Crippen LogP contribution >= 0.6 is 0 Å². The van der Waals surface area contributed by atoms with Gasteiger partial charge in [0.15, 0.2) is 0 Å². The Kier molecular flexibility index (Phi) is 5.37. The second-order valence-corrected chi connectivity index (χ2v) is 7.08. The highest BCUT2D eigenvalue weighted by atomic mass is 16.5. The molecule has 1 aliphatic heterocycles. The fourth-order valence-corrected chi connectivity index (χ4v) is 3.51. The molecular weight excluding hydrogens is 338 g/mol. The normalized spacial score (nSPS) is 12.7. The van der Waals surface area contributed by atoms with Crippen molar-refractivity contribution in [3.63, 3.8) is 0 Å². The second kappa shape index (κ2) is 8.25. The molecule has 0 saturated heterocycles. The van der Waals surface area contributed by atoms with Crippen molar-refractivity contribution in [3.05, 3.63) is 59.4 Å². The van der Waals surface area contributed by atoms with Crippen molar-refractivity contribution in [2.75, 3.05) is 13.2 Å². The van der Waals surface area contributed by atoms with Crippen molar-refractivity contribution in [1.82, 2.24) is 15.3 Å². The van der Waals surface area contributed by atoms with Gasteiger partial charge in [0.25, 0.3) is 0 Å². The standard InChI is InChI=1S/C22H25N3O2/c26-22(15-16-9-10-17-11-13-27-20(17)14-16)23-12-5-1-2-8-21-24-18-6-3-4-7-19(18)25-21/h3-4,6-7,9-10,14H,1-2,5,8,11-13,15H2,(H,23,26)(H,24,25). The summed E-state index contributed by atoms with van der Waals surface area (Å²) in [5.74, 6) is 2.05. The molecule has 27 heavy (non-hydrogen) atoms. The number of imidazole rings is 1. The Balaban J connectivity index is 1.13. The van der Waals surface area contributed by atoms with E-state index in [9.17, 15) is 4.79 Å². The number of rotatable bonds is 8. The number of H-pyrrole nitrogens is 1. The number of carbonyl (C=O) groups is 1. The first-order chi connectivity index (χ1) is 13.3. The monoisotopic (exact) mass is 363 g/mol. The Morgan fingerprint density at radius 3 is 3.00 bits per heavy atom. The van der Waals surface area contributed by atoms with E-state index < -0.39 is 0 Å². The summed E-state index contributed by atoms with van der Waals surface area (Å²) in [7, 11) is 0. The molecule has 2 N–H and O–H groups in total. The third-order valence-electron chi connectivity index (χ3n) is 4.98. The molecule has 1 aromatic heterocycles. The highest BCUT2D eigenvalue weighted by molar-refractivity contribution is 5.78. The van der Waals surface area contributed by atoms with Crippen LogP contribution in [0.4, 0.5) is 0 Å². The third-order valence-corrected chi connectivity index (χ3v) is 4.98. The lowest BCUT2D eigenvalue weighted by Gasteiger charge is -2.06. The summed E-state index contributed by atoms with van der Waals surface area (Å²) in [6.45, 7) is 1.47. The van der Waals surface area contributed by atoms with Gasteiger partial charge in [-0.25, -0.2) is 4.98 Å². The molecule has 0 bridgehead atoms. The van der Waals surface area contributed by atoms with Crippen LogP contribution in [0.2, 0.25) is 0 Å². The summed E-state index contributed by atoms with van der Waals surface area (Å²) in [6, 6.07) is 14.2. The maximum absolute atomic E-state index is 12.1. The number of amides is 1. The van der Waals surface area contributed by atoms with Gasteiger partial charge in [-0.2, -0.15) is 0 Å². The minimum atomic E-state index is 0.0743. The zero-order chi connectivity index (χ0) is 18.5. The molecule has 5 heteroatoms. The van der Waals surface area contributed by atoms with E-state index >= 15 is 0 Å². The molecule has 0 radical (unpaired) electrons. The minimum Gasteiger partial charge on any atom is -0.493 e. The molecule has 0 fully saturated rings. The van der Waals surface area contributed by atoms with Gasteiger partial charge in [-0.15, -0.1) is 0 Å². The Labute approximate surface area is 159 Å².